The summed E-state index contributed by atoms with van der Waals surface area (Å²) in [6, 6.07) is -0.586. The molecule has 0 radical (unpaired) electrons. The zero-order valence-electron chi connectivity index (χ0n) is 11.4. The predicted molar refractivity (Wildman–Crippen MR) is 66.0 cm³/mol. The van der Waals surface area contributed by atoms with Gasteiger partial charge in [0.1, 0.15) is 5.60 Å². The number of aliphatic hydroxyl groups is 1. The number of alkyl carbamates (subject to hydrolysis) is 1. The third-order valence-electron chi connectivity index (χ3n) is 2.72. The quantitative estimate of drug-likeness (QED) is 0.717. The minimum absolute atomic E-state index is 0.367. The maximum absolute atomic E-state index is 11.7. The molecule has 0 saturated carbocycles. The van der Waals surface area contributed by atoms with Gasteiger partial charge in [-0.3, -0.25) is 4.79 Å². The van der Waals surface area contributed by atoms with E-state index in [-0.39, 0.29) is 5.91 Å². The highest BCUT2D eigenvalue weighted by atomic mass is 16.6. The number of carbonyl (C=O) groups is 2. The van der Waals surface area contributed by atoms with E-state index in [1.54, 1.807) is 27.8 Å². The number of carbonyl (C=O) groups excluding carboxylic acids is 2. The lowest BCUT2D eigenvalue weighted by Gasteiger charge is -2.25. The number of likely N-dealkylation sites (N-methyl/N-ethyl adjacent to an activating group) is 1. The Balaban J connectivity index is 2.60. The van der Waals surface area contributed by atoms with Crippen molar-refractivity contribution in [2.45, 2.75) is 51.4 Å². The number of nitrogens with zero attached hydrogens (tertiary/aromatic N) is 1. The Morgan fingerprint density at radius 2 is 2.11 bits per heavy atom. The van der Waals surface area contributed by atoms with Gasteiger partial charge < -0.3 is 20.1 Å². The second-order valence-electron chi connectivity index (χ2n) is 5.60. The summed E-state index contributed by atoms with van der Waals surface area (Å²) >= 11 is 0. The van der Waals surface area contributed by atoms with Crippen LogP contribution in [0.4, 0.5) is 4.79 Å². The molecule has 0 aromatic rings. The highest BCUT2D eigenvalue weighted by molar-refractivity contribution is 5.82. The van der Waals surface area contributed by atoms with Gasteiger partial charge in [0.15, 0.2) is 6.10 Å². The van der Waals surface area contributed by atoms with Crippen LogP contribution in [0.3, 0.4) is 0 Å². The third-order valence-corrected chi connectivity index (χ3v) is 2.72. The van der Waals surface area contributed by atoms with Gasteiger partial charge in [-0.15, -0.1) is 0 Å². The van der Waals surface area contributed by atoms with Gasteiger partial charge in [0.05, 0.1) is 6.04 Å². The van der Waals surface area contributed by atoms with Crippen LogP contribution in [0.25, 0.3) is 0 Å². The predicted octanol–water partition coefficient (Wildman–Crippen LogP) is 0.493. The SMILES string of the molecule is CN1CCCC(NC(=O)OC(C)(C)C)C(O)C1=O. The third kappa shape index (κ3) is 4.18. The Labute approximate surface area is 107 Å². The molecule has 1 aliphatic heterocycles. The number of likely N-dealkylation sites (tertiary alicyclic amines) is 1. The molecule has 0 aromatic carbocycles. The van der Waals surface area contributed by atoms with Crippen molar-refractivity contribution in [3.05, 3.63) is 0 Å². The van der Waals surface area contributed by atoms with Crippen LogP contribution in [0, 0.1) is 0 Å². The average Bonchev–Trinajstić information content (AvgIpc) is 2.31. The number of nitrogens with one attached hydrogen (secondary N) is 1. The molecular weight excluding hydrogens is 236 g/mol. The Morgan fingerprint density at radius 1 is 1.50 bits per heavy atom. The summed E-state index contributed by atoms with van der Waals surface area (Å²) in [6.07, 6.45) is -0.523. The van der Waals surface area contributed by atoms with Crippen LogP contribution in [0.5, 0.6) is 0 Å². The summed E-state index contributed by atoms with van der Waals surface area (Å²) in [7, 11) is 1.64. The first kappa shape index (κ1) is 14.8. The van der Waals surface area contributed by atoms with Crippen LogP contribution in [0.1, 0.15) is 33.6 Å². The number of aliphatic hydroxyl groups excluding tert-OH is 1. The number of amides is 2. The molecule has 2 atom stereocenters. The van der Waals surface area contributed by atoms with Crippen molar-refractivity contribution in [2.24, 2.45) is 0 Å². The smallest absolute Gasteiger partial charge is 0.407 e. The van der Waals surface area contributed by atoms with Gasteiger partial charge in [-0.25, -0.2) is 4.79 Å². The van der Waals surface area contributed by atoms with Gasteiger partial charge in [0.2, 0.25) is 0 Å². The van der Waals surface area contributed by atoms with Crippen molar-refractivity contribution in [3.8, 4) is 0 Å². The summed E-state index contributed by atoms with van der Waals surface area (Å²) in [6.45, 7) is 5.86. The van der Waals surface area contributed by atoms with Crippen molar-refractivity contribution in [1.29, 1.82) is 0 Å². The summed E-state index contributed by atoms with van der Waals surface area (Å²) in [5.41, 5.74) is -0.597. The molecule has 1 heterocycles. The summed E-state index contributed by atoms with van der Waals surface area (Å²) in [4.78, 5) is 24.8. The molecular formula is C12H22N2O4. The standard InChI is InChI=1S/C12H22N2O4/c1-12(2,3)18-11(17)13-8-6-5-7-14(4)10(16)9(8)15/h8-9,15H,5-7H2,1-4H3,(H,13,17). The maximum atomic E-state index is 11.7. The molecule has 0 bridgehead atoms. The fourth-order valence-corrected chi connectivity index (χ4v) is 1.82. The van der Waals surface area contributed by atoms with E-state index in [0.717, 1.165) is 6.42 Å². The largest absolute Gasteiger partial charge is 0.444 e. The molecule has 2 unspecified atom stereocenters. The lowest BCUT2D eigenvalue weighted by Crippen LogP contribution is -2.49. The normalized spacial score (nSPS) is 25.6. The first-order valence-corrected chi connectivity index (χ1v) is 6.13. The molecule has 1 saturated heterocycles. The first-order chi connectivity index (χ1) is 8.20. The lowest BCUT2D eigenvalue weighted by molar-refractivity contribution is -0.139. The second kappa shape index (κ2) is 5.56. The molecule has 18 heavy (non-hydrogen) atoms. The van der Waals surface area contributed by atoms with E-state index in [1.165, 1.54) is 4.90 Å². The zero-order valence-corrected chi connectivity index (χ0v) is 11.4. The molecule has 0 aliphatic carbocycles. The molecule has 1 fully saturated rings. The van der Waals surface area contributed by atoms with Crippen LogP contribution >= 0.6 is 0 Å². The maximum Gasteiger partial charge on any atom is 0.407 e. The zero-order chi connectivity index (χ0) is 13.9. The number of ether oxygens (including phenoxy) is 1. The van der Waals surface area contributed by atoms with Gasteiger partial charge in [-0.2, -0.15) is 0 Å². The highest BCUT2D eigenvalue weighted by Gasteiger charge is 2.33. The fraction of sp³-hybridized carbons (Fsp3) is 0.833. The van der Waals surface area contributed by atoms with Gasteiger partial charge in [0, 0.05) is 13.6 Å². The van der Waals surface area contributed by atoms with Gasteiger partial charge in [-0.1, -0.05) is 0 Å². The fourth-order valence-electron chi connectivity index (χ4n) is 1.82. The van der Waals surface area contributed by atoms with E-state index in [9.17, 15) is 14.7 Å². The van der Waals surface area contributed by atoms with Crippen molar-refractivity contribution >= 4 is 12.0 Å². The van der Waals surface area contributed by atoms with E-state index in [0.29, 0.717) is 13.0 Å². The molecule has 1 aliphatic rings. The highest BCUT2D eigenvalue weighted by Crippen LogP contribution is 2.13. The number of rotatable bonds is 1. The van der Waals surface area contributed by atoms with Crippen molar-refractivity contribution in [2.75, 3.05) is 13.6 Å². The van der Waals surface area contributed by atoms with E-state index < -0.39 is 23.8 Å². The molecule has 6 nitrogen and oxygen atoms in total. The van der Waals surface area contributed by atoms with Crippen LogP contribution < -0.4 is 5.32 Å². The first-order valence-electron chi connectivity index (χ1n) is 6.13. The Bertz CT molecular complexity index is 325. The lowest BCUT2D eigenvalue weighted by atomic mass is 10.1. The molecule has 1 rings (SSSR count). The van der Waals surface area contributed by atoms with Gasteiger partial charge in [0.25, 0.3) is 5.91 Å². The van der Waals surface area contributed by atoms with Gasteiger partial charge >= 0.3 is 6.09 Å². The minimum atomic E-state index is -1.20. The summed E-state index contributed by atoms with van der Waals surface area (Å²) in [5, 5.41) is 12.4. The molecule has 2 N–H and O–H groups in total. The molecule has 104 valence electrons. The van der Waals surface area contributed by atoms with Gasteiger partial charge in [-0.05, 0) is 33.6 Å². The Kier molecular flexibility index (Phi) is 4.56. The van der Waals surface area contributed by atoms with Crippen LogP contribution in [-0.4, -0.2) is 53.3 Å². The van der Waals surface area contributed by atoms with Crippen LogP contribution in [0.15, 0.2) is 0 Å². The summed E-state index contributed by atoms with van der Waals surface area (Å²) < 4.78 is 5.11. The topological polar surface area (TPSA) is 78.9 Å². The van der Waals surface area contributed by atoms with E-state index in [2.05, 4.69) is 5.32 Å². The minimum Gasteiger partial charge on any atom is -0.444 e. The molecule has 0 aromatic heterocycles. The monoisotopic (exact) mass is 258 g/mol. The average molecular weight is 258 g/mol. The van der Waals surface area contributed by atoms with Crippen LogP contribution in [0.2, 0.25) is 0 Å². The number of hydrogen-bond donors (Lipinski definition) is 2. The second-order valence-corrected chi connectivity index (χ2v) is 5.60. The molecule has 6 heteroatoms. The van der Waals surface area contributed by atoms with Crippen molar-refractivity contribution < 1.29 is 19.4 Å². The van der Waals surface area contributed by atoms with E-state index in [4.69, 9.17) is 4.74 Å². The molecule has 2 amide bonds. The Morgan fingerprint density at radius 3 is 2.67 bits per heavy atom. The van der Waals surface area contributed by atoms with E-state index >= 15 is 0 Å². The van der Waals surface area contributed by atoms with E-state index in [1.807, 2.05) is 0 Å². The van der Waals surface area contributed by atoms with Crippen molar-refractivity contribution in [1.82, 2.24) is 10.2 Å². The molecule has 0 spiro atoms. The summed E-state index contributed by atoms with van der Waals surface area (Å²) in [5.74, 6) is -0.367. The Hall–Kier alpha value is -1.30. The van der Waals surface area contributed by atoms with Crippen LogP contribution in [-0.2, 0) is 9.53 Å². The van der Waals surface area contributed by atoms with Crippen molar-refractivity contribution in [3.63, 3.8) is 0 Å². The number of hydrogen-bond acceptors (Lipinski definition) is 4.